The van der Waals surface area contributed by atoms with Crippen molar-refractivity contribution < 1.29 is 0 Å². The summed E-state index contributed by atoms with van der Waals surface area (Å²) in [5.41, 5.74) is 32.0. The molecule has 0 amide bonds. The van der Waals surface area contributed by atoms with Crippen molar-refractivity contribution >= 4 is 65.8 Å². The summed E-state index contributed by atoms with van der Waals surface area (Å²) in [5.74, 6) is 0.159. The van der Waals surface area contributed by atoms with E-state index >= 15 is 0 Å². The van der Waals surface area contributed by atoms with Gasteiger partial charge in [0.1, 0.15) is 0 Å². The molecule has 0 heteroatoms. The van der Waals surface area contributed by atoms with E-state index in [1.807, 2.05) is 0 Å². The molecule has 17 rings (SSSR count). The van der Waals surface area contributed by atoms with E-state index in [9.17, 15) is 0 Å². The van der Waals surface area contributed by atoms with Crippen LogP contribution in [0.25, 0.3) is 133 Å². The third-order valence-electron chi connectivity index (χ3n) is 18.7. The molecule has 0 saturated heterocycles. The summed E-state index contributed by atoms with van der Waals surface area (Å²) in [4.78, 5) is 0. The van der Waals surface area contributed by atoms with Gasteiger partial charge >= 0.3 is 0 Å². The van der Waals surface area contributed by atoms with Gasteiger partial charge in [-0.2, -0.15) is 0 Å². The molecule has 0 radical (unpaired) electrons. The Hall–Kier alpha value is -9.88. The lowest BCUT2D eigenvalue weighted by Gasteiger charge is -2.31. The highest BCUT2D eigenvalue weighted by Crippen LogP contribution is 2.69. The Morgan fingerprint density at radius 1 is 0.244 bits per heavy atom. The highest BCUT2D eigenvalue weighted by atomic mass is 14.5. The predicted octanol–water partition coefficient (Wildman–Crippen LogP) is 22.1. The van der Waals surface area contributed by atoms with Crippen LogP contribution in [-0.2, 0) is 0 Å². The molecule has 0 unspecified atom stereocenters. The van der Waals surface area contributed by atoms with Crippen LogP contribution in [0.2, 0.25) is 0 Å². The Labute approximate surface area is 479 Å². The average Bonchev–Trinajstić information content (AvgIpc) is 1.63. The van der Waals surface area contributed by atoms with Crippen LogP contribution in [0.4, 0.5) is 0 Å². The molecule has 6 aliphatic rings. The zero-order chi connectivity index (χ0) is 53.8. The molecule has 0 nitrogen and oxygen atoms in total. The zero-order valence-electron chi connectivity index (χ0n) is 45.5. The number of hydrogen-bond acceptors (Lipinski definition) is 0. The minimum atomic E-state index is 0.0763. The fraction of sp³-hybridized carbons (Fsp3) is 0.0732. The normalized spacial score (nSPS) is 17.2. The third-order valence-corrected chi connectivity index (χ3v) is 18.7. The van der Waals surface area contributed by atoms with E-state index in [0.29, 0.717) is 0 Å². The van der Waals surface area contributed by atoms with E-state index in [-0.39, 0.29) is 11.8 Å². The number of fused-ring (bicyclic) bond motifs is 9. The average molecular weight is 1040 g/mol. The summed E-state index contributed by atoms with van der Waals surface area (Å²) >= 11 is 0. The van der Waals surface area contributed by atoms with E-state index in [2.05, 4.69) is 279 Å². The molecule has 11 aromatic carbocycles. The van der Waals surface area contributed by atoms with E-state index in [0.717, 1.165) is 25.7 Å². The lowest BCUT2D eigenvalue weighted by atomic mass is 9.71. The first-order valence-electron chi connectivity index (χ1n) is 29.4. The van der Waals surface area contributed by atoms with E-state index < -0.39 is 0 Å². The van der Waals surface area contributed by atoms with Crippen molar-refractivity contribution in [3.63, 3.8) is 0 Å². The topological polar surface area (TPSA) is 0 Å². The minimum absolute atomic E-state index is 0.0763. The standard InChI is InChI=1S/C82H56/c1-5-23-51(24-6-1)55-33-21-35-59(47-55)73-71-49-57-31-13-14-32-58(57)50-72(71)74(60-36-22-34-56(48-60)52-25-7-2-8-26-52)80-68-44-46-70-78-69(45-43-67(77(68)78)79(73)80)81-75(63-39-17-15-37-61(63)53-27-9-3-10-28-53)65-41-19-20-42-66(65)76(82(70)81)64-40-18-16-38-62(64)54-29-11-4-12-30-54/h1-9,11,13-27,29,31-50,77-78H,10,12,28,30H2. The van der Waals surface area contributed by atoms with Crippen molar-refractivity contribution in [3.8, 4) is 66.8 Å². The smallest absolute Gasteiger partial charge is 0.0212 e. The molecule has 0 aromatic heterocycles. The van der Waals surface area contributed by atoms with Crippen LogP contribution in [0.3, 0.4) is 0 Å². The molecule has 0 N–H and O–H groups in total. The van der Waals surface area contributed by atoms with Gasteiger partial charge in [0.15, 0.2) is 0 Å². The van der Waals surface area contributed by atoms with Crippen LogP contribution in [0, 0.1) is 11.8 Å². The maximum Gasteiger partial charge on any atom is 0.0212 e. The fourth-order valence-corrected chi connectivity index (χ4v) is 15.3. The van der Waals surface area contributed by atoms with Crippen molar-refractivity contribution in [2.24, 2.45) is 11.8 Å². The van der Waals surface area contributed by atoms with Gasteiger partial charge in [-0.1, -0.05) is 255 Å². The summed E-state index contributed by atoms with van der Waals surface area (Å²) in [6.45, 7) is 0. The third kappa shape index (κ3) is 7.17. The second-order valence-electron chi connectivity index (χ2n) is 23.0. The predicted molar refractivity (Wildman–Crippen MR) is 350 cm³/mol. The zero-order valence-corrected chi connectivity index (χ0v) is 45.5. The van der Waals surface area contributed by atoms with Gasteiger partial charge in [-0.3, -0.25) is 0 Å². The summed E-state index contributed by atoms with van der Waals surface area (Å²) in [5, 5.41) is 7.67. The summed E-state index contributed by atoms with van der Waals surface area (Å²) in [6.07, 6.45) is 28.3. The number of allylic oxidation sites excluding steroid dienone is 16. The lowest BCUT2D eigenvalue weighted by molar-refractivity contribution is 0.759. The van der Waals surface area contributed by atoms with Crippen LogP contribution in [0.5, 0.6) is 0 Å². The first-order chi connectivity index (χ1) is 40.7. The number of rotatable bonds is 8. The van der Waals surface area contributed by atoms with Gasteiger partial charge in [-0.05, 0) is 216 Å². The number of benzene rings is 11. The second-order valence-corrected chi connectivity index (χ2v) is 23.0. The molecule has 0 fully saturated rings. The Morgan fingerprint density at radius 2 is 0.598 bits per heavy atom. The van der Waals surface area contributed by atoms with Gasteiger partial charge in [-0.15, -0.1) is 0 Å². The molecule has 0 spiro atoms. The monoisotopic (exact) mass is 1040 g/mol. The highest BCUT2D eigenvalue weighted by Gasteiger charge is 2.51. The summed E-state index contributed by atoms with van der Waals surface area (Å²) < 4.78 is 0. The lowest BCUT2D eigenvalue weighted by Crippen LogP contribution is -2.18. The van der Waals surface area contributed by atoms with Crippen molar-refractivity contribution in [3.05, 3.63) is 313 Å². The first-order valence-corrected chi connectivity index (χ1v) is 29.4. The van der Waals surface area contributed by atoms with E-state index in [1.165, 1.54) is 166 Å². The molecule has 384 valence electrons. The maximum absolute atomic E-state index is 2.58. The quantitative estimate of drug-likeness (QED) is 0.133. The molecule has 0 heterocycles. The highest BCUT2D eigenvalue weighted by molar-refractivity contribution is 6.25. The van der Waals surface area contributed by atoms with Gasteiger partial charge in [0, 0.05) is 11.8 Å². The van der Waals surface area contributed by atoms with Crippen molar-refractivity contribution in [1.29, 1.82) is 0 Å². The van der Waals surface area contributed by atoms with Gasteiger partial charge < -0.3 is 0 Å². The van der Waals surface area contributed by atoms with Crippen molar-refractivity contribution in [2.75, 3.05) is 0 Å². The van der Waals surface area contributed by atoms with Crippen LogP contribution < -0.4 is 0 Å². The van der Waals surface area contributed by atoms with E-state index in [1.54, 1.807) is 0 Å². The molecule has 0 saturated carbocycles. The summed E-state index contributed by atoms with van der Waals surface area (Å²) in [7, 11) is 0. The summed E-state index contributed by atoms with van der Waals surface area (Å²) in [6, 6.07) is 82.6. The van der Waals surface area contributed by atoms with Crippen LogP contribution in [-0.4, -0.2) is 0 Å². The molecule has 0 bridgehead atoms. The Balaban J connectivity index is 1.00. The Bertz CT molecular complexity index is 4520. The Morgan fingerprint density at radius 3 is 1.01 bits per heavy atom. The fourth-order valence-electron chi connectivity index (χ4n) is 15.3. The molecular weight excluding hydrogens is 985 g/mol. The van der Waals surface area contributed by atoms with Crippen molar-refractivity contribution in [2.45, 2.75) is 25.7 Å². The second kappa shape index (κ2) is 18.9. The minimum Gasteiger partial charge on any atom is -0.0842 e. The Kier molecular flexibility index (Phi) is 10.8. The van der Waals surface area contributed by atoms with Crippen LogP contribution in [0.1, 0.15) is 59.1 Å². The number of hydrogen-bond donors (Lipinski definition) is 0. The molecule has 0 atom stereocenters. The van der Waals surface area contributed by atoms with Gasteiger partial charge in [0.25, 0.3) is 0 Å². The maximum atomic E-state index is 2.58. The molecular formula is C82H56. The molecule has 0 aliphatic heterocycles. The largest absolute Gasteiger partial charge is 0.0842 e. The molecule has 82 heavy (non-hydrogen) atoms. The van der Waals surface area contributed by atoms with Crippen LogP contribution in [0.15, 0.2) is 279 Å². The van der Waals surface area contributed by atoms with Gasteiger partial charge in [-0.25, -0.2) is 0 Å². The first kappa shape index (κ1) is 47.0. The van der Waals surface area contributed by atoms with Gasteiger partial charge in [0.05, 0.1) is 0 Å². The SMILES string of the molecule is C1=CCCC(c2ccccc2-c2c3c(c(-c4ccccc4C4=CC=CCC4)c4ccccc24)C2=CC=C4c5c(c(-c6cccc(-c7ccccc7)c6)c6cc7ccccc7cc6c5-c5cccc(-c6ccccc6)c5)C5=CC=C3C2C54)=C1. The van der Waals surface area contributed by atoms with E-state index in [4.69, 9.17) is 0 Å². The van der Waals surface area contributed by atoms with Crippen molar-refractivity contribution in [1.82, 2.24) is 0 Å². The molecule has 11 aromatic rings. The molecule has 6 aliphatic carbocycles. The van der Waals surface area contributed by atoms with Gasteiger partial charge in [0.2, 0.25) is 0 Å². The van der Waals surface area contributed by atoms with Crippen LogP contribution >= 0.6 is 0 Å².